The van der Waals surface area contributed by atoms with Crippen LogP contribution in [-0.4, -0.2) is 37.0 Å². The van der Waals surface area contributed by atoms with Crippen LogP contribution in [0.4, 0.5) is 4.39 Å². The molecule has 3 aromatic rings. The zero-order chi connectivity index (χ0) is 26.6. The molecule has 5 rings (SSSR count). The van der Waals surface area contributed by atoms with E-state index in [4.69, 9.17) is 24.1 Å². The van der Waals surface area contributed by atoms with Crippen molar-refractivity contribution in [1.82, 2.24) is 0 Å². The molecule has 0 saturated carbocycles. The average Bonchev–Trinajstić information content (AvgIpc) is 3.27. The van der Waals surface area contributed by atoms with Crippen LogP contribution in [0.1, 0.15) is 53.9 Å². The first-order valence-corrected chi connectivity index (χ1v) is 13.1. The topological polar surface area (TPSA) is 74.2 Å². The molecule has 200 valence electrons. The highest BCUT2D eigenvalue weighted by Crippen LogP contribution is 2.40. The van der Waals surface area contributed by atoms with E-state index < -0.39 is 11.8 Å². The number of carboxylic acids is 1. The van der Waals surface area contributed by atoms with Crippen LogP contribution in [0.5, 0.6) is 17.2 Å². The van der Waals surface area contributed by atoms with Crippen molar-refractivity contribution in [1.29, 1.82) is 0 Å². The number of rotatable bonds is 9. The summed E-state index contributed by atoms with van der Waals surface area (Å²) in [6, 6.07) is 15.0. The van der Waals surface area contributed by atoms with Crippen LogP contribution in [0.3, 0.4) is 0 Å². The molecule has 2 aliphatic rings. The van der Waals surface area contributed by atoms with E-state index in [1.54, 1.807) is 0 Å². The summed E-state index contributed by atoms with van der Waals surface area (Å²) >= 11 is 0. The summed E-state index contributed by atoms with van der Waals surface area (Å²) in [5, 5.41) is 9.07. The SMILES string of the molecule is Cc1cc(OCC2CCCCO2)cc(C)c1-c1cccc(COc2cc3c(cc2F)C(CC(=O)O)CO3)c1. The van der Waals surface area contributed by atoms with Crippen molar-refractivity contribution in [2.75, 3.05) is 19.8 Å². The van der Waals surface area contributed by atoms with Gasteiger partial charge in [-0.05, 0) is 85.2 Å². The molecule has 6 nitrogen and oxygen atoms in total. The summed E-state index contributed by atoms with van der Waals surface area (Å²) in [4.78, 5) is 11.1. The maximum absolute atomic E-state index is 14.8. The molecule has 1 saturated heterocycles. The van der Waals surface area contributed by atoms with Gasteiger partial charge in [-0.2, -0.15) is 0 Å². The summed E-state index contributed by atoms with van der Waals surface area (Å²) in [6.45, 7) is 5.94. The second-order valence-electron chi connectivity index (χ2n) is 10.1. The van der Waals surface area contributed by atoms with E-state index in [0.717, 1.165) is 53.0 Å². The second-order valence-corrected chi connectivity index (χ2v) is 10.1. The fourth-order valence-electron chi connectivity index (χ4n) is 5.33. The van der Waals surface area contributed by atoms with E-state index in [1.165, 1.54) is 18.6 Å². The highest BCUT2D eigenvalue weighted by Gasteiger charge is 2.28. The Balaban J connectivity index is 1.27. The number of hydrogen-bond donors (Lipinski definition) is 1. The number of ether oxygens (including phenoxy) is 4. The molecular formula is C31H33FO6. The first-order chi connectivity index (χ1) is 18.4. The summed E-state index contributed by atoms with van der Waals surface area (Å²) in [6.07, 6.45) is 3.41. The lowest BCUT2D eigenvalue weighted by molar-refractivity contribution is -0.137. The van der Waals surface area contributed by atoms with Crippen molar-refractivity contribution in [2.24, 2.45) is 0 Å². The molecule has 0 aliphatic carbocycles. The van der Waals surface area contributed by atoms with E-state index in [1.807, 2.05) is 12.1 Å². The molecule has 1 N–H and O–H groups in total. The van der Waals surface area contributed by atoms with Gasteiger partial charge in [0.2, 0.25) is 0 Å². The van der Waals surface area contributed by atoms with Gasteiger partial charge in [-0.15, -0.1) is 0 Å². The van der Waals surface area contributed by atoms with Gasteiger partial charge in [-0.1, -0.05) is 18.2 Å². The Kier molecular flexibility index (Phi) is 7.84. The minimum atomic E-state index is -0.936. The third kappa shape index (κ3) is 5.94. The largest absolute Gasteiger partial charge is 0.492 e. The Bertz CT molecular complexity index is 1290. The maximum atomic E-state index is 14.8. The molecular weight excluding hydrogens is 487 g/mol. The Morgan fingerprint density at radius 2 is 1.89 bits per heavy atom. The molecule has 0 bridgehead atoms. The highest BCUT2D eigenvalue weighted by molar-refractivity contribution is 5.72. The van der Waals surface area contributed by atoms with Crippen LogP contribution in [-0.2, 0) is 16.1 Å². The van der Waals surface area contributed by atoms with Gasteiger partial charge in [0.1, 0.15) is 24.7 Å². The summed E-state index contributed by atoms with van der Waals surface area (Å²) in [5.74, 6) is -0.412. The Hall–Kier alpha value is -3.58. The van der Waals surface area contributed by atoms with E-state index in [0.29, 0.717) is 17.9 Å². The molecule has 0 amide bonds. The van der Waals surface area contributed by atoms with Gasteiger partial charge in [-0.25, -0.2) is 4.39 Å². The third-order valence-electron chi connectivity index (χ3n) is 7.19. The molecule has 2 atom stereocenters. The second kappa shape index (κ2) is 11.4. The van der Waals surface area contributed by atoms with Gasteiger partial charge in [0.05, 0.1) is 19.1 Å². The number of halogens is 1. The minimum Gasteiger partial charge on any atom is -0.492 e. The average molecular weight is 521 g/mol. The quantitative estimate of drug-likeness (QED) is 0.343. The van der Waals surface area contributed by atoms with Gasteiger partial charge in [0.15, 0.2) is 11.6 Å². The van der Waals surface area contributed by atoms with Gasteiger partial charge in [0.25, 0.3) is 0 Å². The Labute approximate surface area is 222 Å². The van der Waals surface area contributed by atoms with Crippen molar-refractivity contribution in [3.8, 4) is 28.4 Å². The smallest absolute Gasteiger partial charge is 0.304 e. The van der Waals surface area contributed by atoms with Crippen LogP contribution in [0.2, 0.25) is 0 Å². The summed E-state index contributed by atoms with van der Waals surface area (Å²) in [7, 11) is 0. The fraction of sp³-hybridized carbons (Fsp3) is 0.387. The normalized spacial score (nSPS) is 18.5. The van der Waals surface area contributed by atoms with Crippen molar-refractivity contribution in [2.45, 2.75) is 58.2 Å². The van der Waals surface area contributed by atoms with E-state index in [2.05, 4.69) is 38.1 Å². The summed E-state index contributed by atoms with van der Waals surface area (Å²) in [5.41, 5.74) is 5.89. The number of aliphatic carboxylic acids is 1. The van der Waals surface area contributed by atoms with E-state index >= 15 is 0 Å². The van der Waals surface area contributed by atoms with Crippen LogP contribution in [0, 0.1) is 19.7 Å². The standard InChI is InChI=1S/C31H33FO6/c1-19-10-25(36-18-24-8-3-4-9-35-24)11-20(2)31(19)22-7-5-6-21(12-22)16-37-29-15-28-26(14-27(29)32)23(17-38-28)13-30(33)34/h5-7,10-12,14-15,23-24H,3-4,8-9,13,16-18H2,1-2H3,(H,33,34). The predicted octanol–water partition coefficient (Wildman–Crippen LogP) is 6.59. The van der Waals surface area contributed by atoms with Gasteiger partial charge < -0.3 is 24.1 Å². The fourth-order valence-corrected chi connectivity index (χ4v) is 5.33. The lowest BCUT2D eigenvalue weighted by Crippen LogP contribution is -2.25. The number of hydrogen-bond acceptors (Lipinski definition) is 5. The van der Waals surface area contributed by atoms with E-state index in [-0.39, 0.29) is 37.4 Å². The zero-order valence-electron chi connectivity index (χ0n) is 21.8. The minimum absolute atomic E-state index is 0.0842. The van der Waals surface area contributed by atoms with Crippen molar-refractivity contribution < 1.29 is 33.2 Å². The lowest BCUT2D eigenvalue weighted by atomic mass is 9.94. The van der Waals surface area contributed by atoms with Crippen molar-refractivity contribution in [3.05, 3.63) is 76.6 Å². The summed E-state index contributed by atoms with van der Waals surface area (Å²) < 4.78 is 38.0. The highest BCUT2D eigenvalue weighted by atomic mass is 19.1. The number of benzene rings is 3. The zero-order valence-corrected chi connectivity index (χ0v) is 21.8. The number of aryl methyl sites for hydroxylation is 2. The van der Waals surface area contributed by atoms with Crippen LogP contribution in [0.25, 0.3) is 11.1 Å². The van der Waals surface area contributed by atoms with Gasteiger partial charge in [-0.3, -0.25) is 4.79 Å². The molecule has 2 heterocycles. The van der Waals surface area contributed by atoms with Crippen LogP contribution < -0.4 is 14.2 Å². The molecule has 2 unspecified atom stereocenters. The predicted molar refractivity (Wildman–Crippen MR) is 142 cm³/mol. The molecule has 1 fully saturated rings. The third-order valence-corrected chi connectivity index (χ3v) is 7.19. The molecule has 2 aliphatic heterocycles. The monoisotopic (exact) mass is 520 g/mol. The molecule has 0 aromatic heterocycles. The Morgan fingerprint density at radius 1 is 1.08 bits per heavy atom. The molecule has 7 heteroatoms. The van der Waals surface area contributed by atoms with Crippen molar-refractivity contribution >= 4 is 5.97 Å². The van der Waals surface area contributed by atoms with Crippen LogP contribution >= 0.6 is 0 Å². The maximum Gasteiger partial charge on any atom is 0.304 e. The molecule has 0 radical (unpaired) electrons. The Morgan fingerprint density at radius 3 is 2.63 bits per heavy atom. The van der Waals surface area contributed by atoms with Crippen molar-refractivity contribution in [3.63, 3.8) is 0 Å². The molecule has 0 spiro atoms. The van der Waals surface area contributed by atoms with Gasteiger partial charge in [0, 0.05) is 24.2 Å². The van der Waals surface area contributed by atoms with Gasteiger partial charge >= 0.3 is 5.97 Å². The first-order valence-electron chi connectivity index (χ1n) is 13.1. The number of fused-ring (bicyclic) bond motifs is 1. The molecule has 3 aromatic carbocycles. The van der Waals surface area contributed by atoms with Crippen LogP contribution in [0.15, 0.2) is 48.5 Å². The molecule has 38 heavy (non-hydrogen) atoms. The van der Waals surface area contributed by atoms with E-state index in [9.17, 15) is 9.18 Å². The number of carbonyl (C=O) groups is 1. The first kappa shape index (κ1) is 26.0. The lowest BCUT2D eigenvalue weighted by Gasteiger charge is -2.23. The number of carboxylic acid groups (broad SMARTS) is 1.